The van der Waals surface area contributed by atoms with Crippen LogP contribution in [0.1, 0.15) is 25.3 Å². The van der Waals surface area contributed by atoms with Crippen molar-refractivity contribution >= 4 is 5.78 Å². The minimum absolute atomic E-state index is 0.169. The second-order valence-electron chi connectivity index (χ2n) is 4.72. The smallest absolute Gasteiger partial charge is 0.173 e. The molecule has 0 heterocycles. The van der Waals surface area contributed by atoms with Crippen LogP contribution in [0.3, 0.4) is 0 Å². The largest absolute Gasteiger partial charge is 0.494 e. The van der Waals surface area contributed by atoms with Crippen LogP contribution in [0.25, 0.3) is 0 Å². The molecule has 3 nitrogen and oxygen atoms in total. The van der Waals surface area contributed by atoms with Gasteiger partial charge in [-0.3, -0.25) is 4.79 Å². The van der Waals surface area contributed by atoms with Crippen molar-refractivity contribution in [2.75, 3.05) is 13.2 Å². The molecule has 1 aromatic carbocycles. The first-order valence-electron chi connectivity index (χ1n) is 6.76. The summed E-state index contributed by atoms with van der Waals surface area (Å²) in [5.74, 6) is 2.02. The summed E-state index contributed by atoms with van der Waals surface area (Å²) in [7, 11) is 0. The SMILES string of the molecule is C=CCc1cc(OCC)ccc1OCC(=O)C1CC1. The van der Waals surface area contributed by atoms with Gasteiger partial charge < -0.3 is 9.47 Å². The molecule has 0 atom stereocenters. The van der Waals surface area contributed by atoms with Gasteiger partial charge in [-0.25, -0.2) is 0 Å². The van der Waals surface area contributed by atoms with E-state index in [0.29, 0.717) is 13.0 Å². The lowest BCUT2D eigenvalue weighted by atomic mass is 10.1. The Morgan fingerprint density at radius 3 is 2.84 bits per heavy atom. The van der Waals surface area contributed by atoms with Crippen molar-refractivity contribution in [3.8, 4) is 11.5 Å². The molecule has 2 rings (SSSR count). The van der Waals surface area contributed by atoms with Gasteiger partial charge in [0.15, 0.2) is 5.78 Å². The maximum absolute atomic E-state index is 11.6. The van der Waals surface area contributed by atoms with Crippen molar-refractivity contribution in [1.82, 2.24) is 0 Å². The number of ketones is 1. The molecule has 0 amide bonds. The Kier molecular flexibility index (Phi) is 4.61. The highest BCUT2D eigenvalue weighted by molar-refractivity contribution is 5.84. The van der Waals surface area contributed by atoms with Crippen LogP contribution < -0.4 is 9.47 Å². The minimum atomic E-state index is 0.169. The number of allylic oxidation sites excluding steroid dienone is 1. The minimum Gasteiger partial charge on any atom is -0.494 e. The molecule has 1 fully saturated rings. The first kappa shape index (κ1) is 13.7. The van der Waals surface area contributed by atoms with Crippen molar-refractivity contribution in [2.45, 2.75) is 26.2 Å². The topological polar surface area (TPSA) is 35.5 Å². The van der Waals surface area contributed by atoms with Crippen molar-refractivity contribution in [1.29, 1.82) is 0 Å². The third-order valence-corrected chi connectivity index (χ3v) is 3.11. The molecule has 3 heteroatoms. The monoisotopic (exact) mass is 260 g/mol. The molecule has 0 aromatic heterocycles. The van der Waals surface area contributed by atoms with Crippen LogP contribution in [0.5, 0.6) is 11.5 Å². The molecule has 1 saturated carbocycles. The van der Waals surface area contributed by atoms with E-state index in [4.69, 9.17) is 9.47 Å². The normalized spacial score (nSPS) is 13.9. The molecule has 0 saturated heterocycles. The molecule has 1 aromatic rings. The standard InChI is InChI=1S/C16H20O3/c1-3-5-13-10-14(18-4-2)8-9-16(13)19-11-15(17)12-6-7-12/h3,8-10,12H,1,4-7,11H2,2H3. The van der Waals surface area contributed by atoms with Gasteiger partial charge in [0.25, 0.3) is 0 Å². The van der Waals surface area contributed by atoms with Gasteiger partial charge in [0.1, 0.15) is 18.1 Å². The van der Waals surface area contributed by atoms with Gasteiger partial charge >= 0.3 is 0 Å². The van der Waals surface area contributed by atoms with Crippen molar-refractivity contribution in [3.63, 3.8) is 0 Å². The predicted molar refractivity (Wildman–Crippen MR) is 74.7 cm³/mol. The Hall–Kier alpha value is -1.77. The average molecular weight is 260 g/mol. The summed E-state index contributed by atoms with van der Waals surface area (Å²) in [6.45, 7) is 6.50. The van der Waals surface area contributed by atoms with E-state index in [2.05, 4.69) is 6.58 Å². The summed E-state index contributed by atoms with van der Waals surface area (Å²) in [5.41, 5.74) is 1.00. The summed E-state index contributed by atoms with van der Waals surface area (Å²) in [6, 6.07) is 5.68. The number of hydrogen-bond donors (Lipinski definition) is 0. The summed E-state index contributed by atoms with van der Waals surface area (Å²) in [4.78, 5) is 11.6. The Morgan fingerprint density at radius 1 is 1.42 bits per heavy atom. The van der Waals surface area contributed by atoms with Crippen LogP contribution in [-0.2, 0) is 11.2 Å². The fraction of sp³-hybridized carbons (Fsp3) is 0.438. The van der Waals surface area contributed by atoms with Gasteiger partial charge in [0.05, 0.1) is 6.61 Å². The third kappa shape index (κ3) is 3.85. The molecule has 0 aliphatic heterocycles. The van der Waals surface area contributed by atoms with E-state index < -0.39 is 0 Å². The molecular formula is C16H20O3. The number of carbonyl (C=O) groups excluding carboxylic acids is 1. The number of carbonyl (C=O) groups is 1. The second-order valence-corrected chi connectivity index (χ2v) is 4.72. The summed E-state index contributed by atoms with van der Waals surface area (Å²) in [5, 5.41) is 0. The Bertz CT molecular complexity index is 461. The summed E-state index contributed by atoms with van der Waals surface area (Å²) < 4.78 is 11.1. The van der Waals surface area contributed by atoms with Crippen LogP contribution in [0.15, 0.2) is 30.9 Å². The van der Waals surface area contributed by atoms with Crippen LogP contribution in [0.2, 0.25) is 0 Å². The van der Waals surface area contributed by atoms with Gasteiger partial charge in [-0.15, -0.1) is 6.58 Å². The zero-order valence-electron chi connectivity index (χ0n) is 11.4. The van der Waals surface area contributed by atoms with Crippen molar-refractivity contribution < 1.29 is 14.3 Å². The Labute approximate surface area is 114 Å². The van der Waals surface area contributed by atoms with E-state index >= 15 is 0 Å². The maximum atomic E-state index is 11.6. The van der Waals surface area contributed by atoms with Gasteiger partial charge in [0.2, 0.25) is 0 Å². The lowest BCUT2D eigenvalue weighted by Crippen LogP contribution is -2.13. The molecule has 0 spiro atoms. The lowest BCUT2D eigenvalue weighted by Gasteiger charge is -2.12. The molecule has 1 aliphatic carbocycles. The average Bonchev–Trinajstić information content (AvgIpc) is 3.22. The molecule has 19 heavy (non-hydrogen) atoms. The molecule has 1 aliphatic rings. The van der Waals surface area contributed by atoms with Crippen LogP contribution in [0.4, 0.5) is 0 Å². The maximum Gasteiger partial charge on any atom is 0.173 e. The van der Waals surface area contributed by atoms with Gasteiger partial charge in [-0.05, 0) is 44.4 Å². The first-order chi connectivity index (χ1) is 9.24. The number of hydrogen-bond acceptors (Lipinski definition) is 3. The summed E-state index contributed by atoms with van der Waals surface area (Å²) in [6.07, 6.45) is 4.56. The van der Waals surface area contributed by atoms with E-state index in [0.717, 1.165) is 29.9 Å². The second kappa shape index (κ2) is 6.41. The van der Waals surface area contributed by atoms with Crippen LogP contribution in [-0.4, -0.2) is 19.0 Å². The fourth-order valence-corrected chi connectivity index (χ4v) is 1.94. The van der Waals surface area contributed by atoms with E-state index in [1.807, 2.05) is 31.2 Å². The van der Waals surface area contributed by atoms with Crippen LogP contribution >= 0.6 is 0 Å². The highest BCUT2D eigenvalue weighted by Crippen LogP contribution is 2.30. The van der Waals surface area contributed by atoms with Gasteiger partial charge in [-0.2, -0.15) is 0 Å². The number of rotatable bonds is 8. The van der Waals surface area contributed by atoms with Gasteiger partial charge in [0, 0.05) is 11.5 Å². The zero-order valence-corrected chi connectivity index (χ0v) is 11.4. The summed E-state index contributed by atoms with van der Waals surface area (Å²) >= 11 is 0. The number of benzene rings is 1. The highest BCUT2D eigenvalue weighted by atomic mass is 16.5. The Morgan fingerprint density at radius 2 is 2.21 bits per heavy atom. The van der Waals surface area contributed by atoms with Crippen LogP contribution in [0, 0.1) is 5.92 Å². The van der Waals surface area contributed by atoms with Crippen molar-refractivity contribution in [2.24, 2.45) is 5.92 Å². The molecule has 0 radical (unpaired) electrons. The predicted octanol–water partition coefficient (Wildman–Crippen LogP) is 3.17. The lowest BCUT2D eigenvalue weighted by molar-refractivity contribution is -0.122. The van der Waals surface area contributed by atoms with E-state index in [9.17, 15) is 4.79 Å². The quantitative estimate of drug-likeness (QED) is 0.673. The number of Topliss-reactive ketones (excluding diaryl/α,β-unsaturated/α-hetero) is 1. The first-order valence-corrected chi connectivity index (χ1v) is 6.76. The number of ether oxygens (including phenoxy) is 2. The van der Waals surface area contributed by atoms with E-state index in [-0.39, 0.29) is 18.3 Å². The molecular weight excluding hydrogens is 240 g/mol. The molecule has 0 bridgehead atoms. The van der Waals surface area contributed by atoms with Crippen molar-refractivity contribution in [3.05, 3.63) is 36.4 Å². The molecule has 102 valence electrons. The fourth-order valence-electron chi connectivity index (χ4n) is 1.94. The highest BCUT2D eigenvalue weighted by Gasteiger charge is 2.29. The zero-order chi connectivity index (χ0) is 13.7. The molecule has 0 N–H and O–H groups in total. The van der Waals surface area contributed by atoms with E-state index in [1.54, 1.807) is 0 Å². The van der Waals surface area contributed by atoms with Gasteiger partial charge in [-0.1, -0.05) is 6.08 Å². The third-order valence-electron chi connectivity index (χ3n) is 3.11. The van der Waals surface area contributed by atoms with E-state index in [1.165, 1.54) is 0 Å². The molecule has 0 unspecified atom stereocenters. The Balaban J connectivity index is 2.04.